The molecule has 3 N–H and O–H groups in total. The molecule has 23 heavy (non-hydrogen) atoms. The minimum Gasteiger partial charge on any atom is -0.366 e. The number of amides is 3. The molecule has 2 aromatic rings. The van der Waals surface area contributed by atoms with Crippen molar-refractivity contribution in [3.05, 3.63) is 59.7 Å². The van der Waals surface area contributed by atoms with Crippen LogP contribution in [0.25, 0.3) is 0 Å². The van der Waals surface area contributed by atoms with E-state index in [4.69, 9.17) is 5.73 Å². The molecule has 0 saturated heterocycles. The van der Waals surface area contributed by atoms with Crippen LogP contribution in [0.1, 0.15) is 23.0 Å². The minimum atomic E-state index is -0.730. The zero-order valence-corrected chi connectivity index (χ0v) is 12.6. The zero-order valence-electron chi connectivity index (χ0n) is 12.6. The molecule has 0 radical (unpaired) electrons. The van der Waals surface area contributed by atoms with Gasteiger partial charge in [-0.15, -0.1) is 0 Å². The number of nitrogens with two attached hydrogens (primary N) is 1. The van der Waals surface area contributed by atoms with Crippen molar-refractivity contribution < 1.29 is 14.0 Å². The van der Waals surface area contributed by atoms with Gasteiger partial charge in [0.2, 0.25) is 5.91 Å². The number of pyridine rings is 1. The maximum absolute atomic E-state index is 13.9. The van der Waals surface area contributed by atoms with E-state index in [0.29, 0.717) is 13.1 Å². The van der Waals surface area contributed by atoms with Gasteiger partial charge >= 0.3 is 6.03 Å². The van der Waals surface area contributed by atoms with Crippen LogP contribution in [0.2, 0.25) is 0 Å². The van der Waals surface area contributed by atoms with Crippen LogP contribution in [0, 0.1) is 5.82 Å². The van der Waals surface area contributed by atoms with Crippen LogP contribution in [-0.2, 0) is 6.54 Å². The maximum Gasteiger partial charge on any atom is 0.322 e. The molecule has 0 atom stereocenters. The van der Waals surface area contributed by atoms with Gasteiger partial charge in [0.1, 0.15) is 5.82 Å². The van der Waals surface area contributed by atoms with E-state index < -0.39 is 17.8 Å². The van der Waals surface area contributed by atoms with E-state index in [2.05, 4.69) is 10.3 Å². The molecule has 0 fully saturated rings. The summed E-state index contributed by atoms with van der Waals surface area (Å²) in [6.07, 6.45) is 1.64. The molecule has 2 rings (SSSR count). The minimum absolute atomic E-state index is 0.0144. The van der Waals surface area contributed by atoms with E-state index in [9.17, 15) is 14.0 Å². The fourth-order valence-corrected chi connectivity index (χ4v) is 1.98. The predicted octanol–water partition coefficient (Wildman–Crippen LogP) is 2.37. The molecule has 1 heterocycles. The van der Waals surface area contributed by atoms with Crippen LogP contribution in [0.5, 0.6) is 0 Å². The van der Waals surface area contributed by atoms with Crippen molar-refractivity contribution in [2.75, 3.05) is 11.9 Å². The van der Waals surface area contributed by atoms with Crippen LogP contribution < -0.4 is 11.1 Å². The second kappa shape index (κ2) is 7.35. The number of hydrogen-bond donors (Lipinski definition) is 2. The van der Waals surface area contributed by atoms with Crippen molar-refractivity contribution in [1.29, 1.82) is 0 Å². The summed E-state index contributed by atoms with van der Waals surface area (Å²) in [5.74, 6) is -1.45. The van der Waals surface area contributed by atoms with Crippen molar-refractivity contribution in [2.24, 2.45) is 5.73 Å². The first-order valence-corrected chi connectivity index (χ1v) is 7.06. The van der Waals surface area contributed by atoms with Crippen LogP contribution in [0.4, 0.5) is 14.9 Å². The lowest BCUT2D eigenvalue weighted by Crippen LogP contribution is -2.34. The molecule has 3 amide bonds. The molecule has 0 saturated carbocycles. The van der Waals surface area contributed by atoms with Crippen molar-refractivity contribution in [3.8, 4) is 0 Å². The van der Waals surface area contributed by atoms with Gasteiger partial charge in [0.25, 0.3) is 0 Å². The number of carbonyl (C=O) groups is 2. The second-order valence-corrected chi connectivity index (χ2v) is 4.82. The molecule has 1 aromatic carbocycles. The van der Waals surface area contributed by atoms with E-state index in [1.54, 1.807) is 18.3 Å². The Morgan fingerprint density at radius 3 is 2.65 bits per heavy atom. The Kier molecular flexibility index (Phi) is 5.24. The van der Waals surface area contributed by atoms with Gasteiger partial charge in [0.15, 0.2) is 0 Å². The van der Waals surface area contributed by atoms with E-state index >= 15 is 0 Å². The molecule has 0 aliphatic heterocycles. The van der Waals surface area contributed by atoms with Gasteiger partial charge < -0.3 is 16.0 Å². The average molecular weight is 316 g/mol. The number of benzene rings is 1. The van der Waals surface area contributed by atoms with Gasteiger partial charge in [-0.25, -0.2) is 9.18 Å². The third kappa shape index (κ3) is 4.26. The topological polar surface area (TPSA) is 88.3 Å². The number of rotatable bonds is 5. The number of anilines is 1. The number of aromatic nitrogens is 1. The van der Waals surface area contributed by atoms with Crippen molar-refractivity contribution >= 4 is 17.6 Å². The third-order valence-electron chi connectivity index (χ3n) is 3.24. The SMILES string of the molecule is CCN(Cc1ccccn1)C(=O)Nc1ccc(C(N)=O)cc1F. The van der Waals surface area contributed by atoms with E-state index in [1.165, 1.54) is 17.0 Å². The van der Waals surface area contributed by atoms with Gasteiger partial charge in [-0.3, -0.25) is 9.78 Å². The fourth-order valence-electron chi connectivity index (χ4n) is 1.98. The van der Waals surface area contributed by atoms with Crippen LogP contribution >= 0.6 is 0 Å². The number of urea groups is 1. The van der Waals surface area contributed by atoms with Crippen molar-refractivity contribution in [1.82, 2.24) is 9.88 Å². The van der Waals surface area contributed by atoms with E-state index in [-0.39, 0.29) is 11.3 Å². The second-order valence-electron chi connectivity index (χ2n) is 4.82. The summed E-state index contributed by atoms with van der Waals surface area (Å²) < 4.78 is 13.9. The third-order valence-corrected chi connectivity index (χ3v) is 3.24. The molecule has 120 valence electrons. The zero-order chi connectivity index (χ0) is 16.8. The Morgan fingerprint density at radius 1 is 1.30 bits per heavy atom. The maximum atomic E-state index is 13.9. The Bertz CT molecular complexity index is 706. The van der Waals surface area contributed by atoms with Gasteiger partial charge in [-0.05, 0) is 37.3 Å². The molecule has 0 bridgehead atoms. The molecular weight excluding hydrogens is 299 g/mol. The number of halogens is 1. The van der Waals surface area contributed by atoms with Crippen molar-refractivity contribution in [3.63, 3.8) is 0 Å². The summed E-state index contributed by atoms with van der Waals surface area (Å²) in [5.41, 5.74) is 5.84. The van der Waals surface area contributed by atoms with Gasteiger partial charge in [0, 0.05) is 18.3 Å². The summed E-state index contributed by atoms with van der Waals surface area (Å²) in [6, 6.07) is 8.62. The predicted molar refractivity (Wildman–Crippen MR) is 84.3 cm³/mol. The molecule has 0 unspecified atom stereocenters. The Balaban J connectivity index is 2.09. The number of nitrogens with one attached hydrogen (secondary N) is 1. The average Bonchev–Trinajstić information content (AvgIpc) is 2.55. The summed E-state index contributed by atoms with van der Waals surface area (Å²) >= 11 is 0. The Labute approximate surface area is 133 Å². The summed E-state index contributed by atoms with van der Waals surface area (Å²) in [5, 5.41) is 2.48. The lowest BCUT2D eigenvalue weighted by Gasteiger charge is -2.21. The first-order valence-electron chi connectivity index (χ1n) is 7.06. The highest BCUT2D eigenvalue weighted by Crippen LogP contribution is 2.16. The lowest BCUT2D eigenvalue weighted by atomic mass is 10.2. The monoisotopic (exact) mass is 316 g/mol. The summed E-state index contributed by atoms with van der Waals surface area (Å²) in [4.78, 5) is 28.9. The Hall–Kier alpha value is -2.96. The molecule has 7 heteroatoms. The highest BCUT2D eigenvalue weighted by atomic mass is 19.1. The summed E-state index contributed by atoms with van der Waals surface area (Å²) in [6.45, 7) is 2.56. The molecular formula is C16H17FN4O2. The molecule has 0 aliphatic carbocycles. The van der Waals surface area contributed by atoms with Gasteiger partial charge in [-0.2, -0.15) is 0 Å². The number of primary amides is 1. The fraction of sp³-hybridized carbons (Fsp3) is 0.188. The quantitative estimate of drug-likeness (QED) is 0.887. The first-order chi connectivity index (χ1) is 11.0. The van der Waals surface area contributed by atoms with Crippen molar-refractivity contribution in [2.45, 2.75) is 13.5 Å². The Morgan fingerprint density at radius 2 is 2.09 bits per heavy atom. The highest BCUT2D eigenvalue weighted by Gasteiger charge is 2.15. The van der Waals surface area contributed by atoms with Gasteiger partial charge in [0.05, 0.1) is 17.9 Å². The number of nitrogens with zero attached hydrogens (tertiary/aromatic N) is 2. The highest BCUT2D eigenvalue weighted by molar-refractivity contribution is 5.94. The molecule has 0 spiro atoms. The smallest absolute Gasteiger partial charge is 0.322 e. The van der Waals surface area contributed by atoms with Gasteiger partial charge in [-0.1, -0.05) is 6.07 Å². The van der Waals surface area contributed by atoms with E-state index in [0.717, 1.165) is 11.8 Å². The number of carbonyl (C=O) groups excluding carboxylic acids is 2. The van der Waals surface area contributed by atoms with Crippen LogP contribution in [-0.4, -0.2) is 28.4 Å². The largest absolute Gasteiger partial charge is 0.366 e. The van der Waals surface area contributed by atoms with Crippen LogP contribution in [0.3, 0.4) is 0 Å². The number of hydrogen-bond acceptors (Lipinski definition) is 3. The molecule has 6 nitrogen and oxygen atoms in total. The normalized spacial score (nSPS) is 10.2. The molecule has 1 aromatic heterocycles. The molecule has 0 aliphatic rings. The van der Waals surface area contributed by atoms with Crippen LogP contribution in [0.15, 0.2) is 42.6 Å². The van der Waals surface area contributed by atoms with E-state index in [1.807, 2.05) is 13.0 Å². The standard InChI is InChI=1S/C16H17FN4O2/c1-2-21(10-12-5-3-4-8-19-12)16(23)20-14-7-6-11(15(18)22)9-13(14)17/h3-9H,2,10H2,1H3,(H2,18,22)(H,20,23). The first kappa shape index (κ1) is 16.4. The lowest BCUT2D eigenvalue weighted by molar-refractivity contribution is 0.1000. The summed E-state index contributed by atoms with van der Waals surface area (Å²) in [7, 11) is 0.